The molecule has 0 aromatic heterocycles. The summed E-state index contributed by atoms with van der Waals surface area (Å²) in [6, 6.07) is 12.0. The summed E-state index contributed by atoms with van der Waals surface area (Å²) in [6.07, 6.45) is 7.28. The smallest absolute Gasteiger partial charge is 0.257 e. The second-order valence-electron chi connectivity index (χ2n) is 7.41. The van der Waals surface area contributed by atoms with E-state index in [0.29, 0.717) is 28.4 Å². The van der Waals surface area contributed by atoms with Crippen LogP contribution >= 0.6 is 23.2 Å². The lowest BCUT2D eigenvalue weighted by Crippen LogP contribution is -2.19. The Hall–Kier alpha value is -2.37. The Kier molecular flexibility index (Phi) is 10.5. The number of carbonyl (C=O) groups is 2. The number of nitrogens with zero attached hydrogens (tertiary/aromatic N) is 1. The van der Waals surface area contributed by atoms with E-state index in [1.54, 1.807) is 24.3 Å². The highest BCUT2D eigenvalue weighted by atomic mass is 35.5. The van der Waals surface area contributed by atoms with Gasteiger partial charge in [0.15, 0.2) is 0 Å². The first-order valence-corrected chi connectivity index (χ1v) is 11.4. The Morgan fingerprint density at radius 3 is 2.45 bits per heavy atom. The minimum Gasteiger partial charge on any atom is -0.322 e. The van der Waals surface area contributed by atoms with Gasteiger partial charge in [0.25, 0.3) is 5.91 Å². The molecule has 2 amide bonds. The first kappa shape index (κ1) is 24.9. The molecule has 0 aliphatic rings. The maximum atomic E-state index is 12.5. The number of hydrazone groups is 1. The van der Waals surface area contributed by atoms with Gasteiger partial charge in [-0.1, -0.05) is 74.4 Å². The fourth-order valence-electron chi connectivity index (χ4n) is 3.03. The summed E-state index contributed by atoms with van der Waals surface area (Å²) < 4.78 is 0. The minimum absolute atomic E-state index is 0.0864. The topological polar surface area (TPSA) is 70.6 Å². The monoisotopic (exact) mass is 461 g/mol. The molecule has 5 nitrogen and oxygen atoms in total. The van der Waals surface area contributed by atoms with Gasteiger partial charge in [-0.2, -0.15) is 5.10 Å². The van der Waals surface area contributed by atoms with Gasteiger partial charge in [-0.05, 0) is 49.2 Å². The highest BCUT2D eigenvalue weighted by Crippen LogP contribution is 2.22. The van der Waals surface area contributed by atoms with E-state index in [0.717, 1.165) is 18.4 Å². The maximum Gasteiger partial charge on any atom is 0.257 e. The molecule has 7 heteroatoms. The van der Waals surface area contributed by atoms with Crippen LogP contribution in [0.5, 0.6) is 0 Å². The van der Waals surface area contributed by atoms with Crippen LogP contribution in [0.15, 0.2) is 47.6 Å². The first-order chi connectivity index (χ1) is 14.9. The van der Waals surface area contributed by atoms with Gasteiger partial charge < -0.3 is 5.32 Å². The van der Waals surface area contributed by atoms with Crippen LogP contribution in [0.1, 0.15) is 74.7 Å². The molecule has 2 aromatic rings. The van der Waals surface area contributed by atoms with Crippen molar-refractivity contribution in [1.29, 1.82) is 0 Å². The van der Waals surface area contributed by atoms with Gasteiger partial charge in [-0.25, -0.2) is 5.43 Å². The van der Waals surface area contributed by atoms with Gasteiger partial charge in [0.05, 0.1) is 16.3 Å². The molecule has 2 rings (SSSR count). The molecular weight excluding hydrogens is 433 g/mol. The average molecular weight is 462 g/mol. The summed E-state index contributed by atoms with van der Waals surface area (Å²) >= 11 is 12.0. The number of anilines is 1. The average Bonchev–Trinajstić information content (AvgIpc) is 2.74. The van der Waals surface area contributed by atoms with Crippen LogP contribution in [0, 0.1) is 0 Å². The number of hydrogen-bond acceptors (Lipinski definition) is 3. The maximum absolute atomic E-state index is 12.5. The van der Waals surface area contributed by atoms with Gasteiger partial charge in [0, 0.05) is 17.1 Å². The molecule has 0 atom stereocenters. The lowest BCUT2D eigenvalue weighted by Gasteiger charge is -2.09. The largest absolute Gasteiger partial charge is 0.322 e. The standard InChI is InChI=1S/C24H29Cl2N3O2/c1-3-4-5-6-7-8-12-23(30)29-28-17(2)18-10-9-11-20(15-18)27-24(31)21-14-13-19(25)16-22(21)26/h9-11,13-16H,3-8,12H2,1-2H3,(H,27,31)(H,29,30)/b28-17-. The van der Waals surface area contributed by atoms with Crippen molar-refractivity contribution in [1.82, 2.24) is 5.43 Å². The van der Waals surface area contributed by atoms with Gasteiger partial charge >= 0.3 is 0 Å². The number of unbranched alkanes of at least 4 members (excludes halogenated alkanes) is 5. The van der Waals surface area contributed by atoms with Gasteiger partial charge in [-0.3, -0.25) is 9.59 Å². The fraction of sp³-hybridized carbons (Fsp3) is 0.375. The van der Waals surface area contributed by atoms with E-state index in [1.807, 2.05) is 19.1 Å². The quantitative estimate of drug-likeness (QED) is 0.218. The van der Waals surface area contributed by atoms with Crippen LogP contribution < -0.4 is 10.7 Å². The second-order valence-corrected chi connectivity index (χ2v) is 8.25. The van der Waals surface area contributed by atoms with Crippen LogP contribution in [0.4, 0.5) is 5.69 Å². The summed E-state index contributed by atoms with van der Waals surface area (Å²) in [7, 11) is 0. The van der Waals surface area contributed by atoms with Crippen molar-refractivity contribution in [3.8, 4) is 0 Å². The molecule has 0 aliphatic carbocycles. The highest BCUT2D eigenvalue weighted by molar-refractivity contribution is 6.37. The number of halogens is 2. The minimum atomic E-state index is -0.333. The third-order valence-corrected chi connectivity index (χ3v) is 5.37. The van der Waals surface area contributed by atoms with Crippen molar-refractivity contribution in [2.75, 3.05) is 5.32 Å². The molecule has 0 spiro atoms. The van der Waals surface area contributed by atoms with E-state index in [9.17, 15) is 9.59 Å². The molecule has 0 bridgehead atoms. The Labute approximate surface area is 194 Å². The molecule has 0 aliphatic heterocycles. The molecule has 166 valence electrons. The van der Waals surface area contributed by atoms with Crippen molar-refractivity contribution >= 4 is 46.4 Å². The van der Waals surface area contributed by atoms with Crippen LogP contribution in [0.25, 0.3) is 0 Å². The van der Waals surface area contributed by atoms with Crippen LogP contribution in [0.3, 0.4) is 0 Å². The first-order valence-electron chi connectivity index (χ1n) is 10.6. The van der Waals surface area contributed by atoms with Gasteiger partial charge in [-0.15, -0.1) is 0 Å². The molecule has 0 unspecified atom stereocenters. The summed E-state index contributed by atoms with van der Waals surface area (Å²) in [5.41, 5.74) is 4.99. The zero-order chi connectivity index (χ0) is 22.6. The normalized spacial score (nSPS) is 11.3. The van der Waals surface area contributed by atoms with Crippen molar-refractivity contribution in [3.05, 3.63) is 63.6 Å². The van der Waals surface area contributed by atoms with Crippen LogP contribution in [-0.4, -0.2) is 17.5 Å². The van der Waals surface area contributed by atoms with Crippen molar-refractivity contribution in [2.45, 2.75) is 58.8 Å². The van der Waals surface area contributed by atoms with Crippen molar-refractivity contribution < 1.29 is 9.59 Å². The predicted molar refractivity (Wildman–Crippen MR) is 129 cm³/mol. The Morgan fingerprint density at radius 2 is 1.71 bits per heavy atom. The SMILES string of the molecule is CCCCCCCCC(=O)N/N=C(/C)c1cccc(NC(=O)c2ccc(Cl)cc2Cl)c1. The molecule has 0 fully saturated rings. The fourth-order valence-corrected chi connectivity index (χ4v) is 3.52. The summed E-state index contributed by atoms with van der Waals surface area (Å²) in [4.78, 5) is 24.5. The van der Waals surface area contributed by atoms with E-state index in [2.05, 4.69) is 22.8 Å². The zero-order valence-corrected chi connectivity index (χ0v) is 19.5. The number of benzene rings is 2. The summed E-state index contributed by atoms with van der Waals surface area (Å²) in [5, 5.41) is 7.76. The molecule has 31 heavy (non-hydrogen) atoms. The van der Waals surface area contributed by atoms with Gasteiger partial charge in [0.2, 0.25) is 5.91 Å². The second kappa shape index (κ2) is 13.1. The third-order valence-electron chi connectivity index (χ3n) is 4.82. The lowest BCUT2D eigenvalue weighted by atomic mass is 10.1. The van der Waals surface area contributed by atoms with E-state index in [-0.39, 0.29) is 16.8 Å². The summed E-state index contributed by atoms with van der Waals surface area (Å²) in [5.74, 6) is -0.419. The number of hydrogen-bond donors (Lipinski definition) is 2. The molecular formula is C24H29Cl2N3O2. The molecule has 0 radical (unpaired) electrons. The highest BCUT2D eigenvalue weighted by Gasteiger charge is 2.11. The Bertz CT molecular complexity index is 929. The predicted octanol–water partition coefficient (Wildman–Crippen LogP) is 6.84. The van der Waals surface area contributed by atoms with E-state index in [1.165, 1.54) is 31.7 Å². The van der Waals surface area contributed by atoms with E-state index in [4.69, 9.17) is 23.2 Å². The third kappa shape index (κ3) is 8.72. The number of nitrogens with one attached hydrogen (secondary N) is 2. The van der Waals surface area contributed by atoms with E-state index < -0.39 is 0 Å². The van der Waals surface area contributed by atoms with Crippen molar-refractivity contribution in [3.63, 3.8) is 0 Å². The van der Waals surface area contributed by atoms with Crippen LogP contribution in [-0.2, 0) is 4.79 Å². The van der Waals surface area contributed by atoms with Crippen molar-refractivity contribution in [2.24, 2.45) is 5.10 Å². The number of rotatable bonds is 11. The summed E-state index contributed by atoms with van der Waals surface area (Å²) in [6.45, 7) is 3.99. The molecule has 0 heterocycles. The lowest BCUT2D eigenvalue weighted by molar-refractivity contribution is -0.121. The molecule has 2 aromatic carbocycles. The number of amides is 2. The van der Waals surface area contributed by atoms with E-state index >= 15 is 0 Å². The molecule has 0 saturated heterocycles. The molecule has 0 saturated carbocycles. The Morgan fingerprint density at radius 1 is 0.968 bits per heavy atom. The van der Waals surface area contributed by atoms with Crippen LogP contribution in [0.2, 0.25) is 10.0 Å². The zero-order valence-electron chi connectivity index (χ0n) is 18.0. The Balaban J connectivity index is 1.89. The number of carbonyl (C=O) groups excluding carboxylic acids is 2. The molecule has 2 N–H and O–H groups in total. The van der Waals surface area contributed by atoms with Gasteiger partial charge in [0.1, 0.15) is 0 Å².